The fourth-order valence-corrected chi connectivity index (χ4v) is 4.73. The lowest BCUT2D eigenvalue weighted by Crippen LogP contribution is -2.59. The summed E-state index contributed by atoms with van der Waals surface area (Å²) in [5.41, 5.74) is 2.33. The molecule has 2 atom stereocenters. The van der Waals surface area contributed by atoms with Crippen LogP contribution in [0.25, 0.3) is 0 Å². The van der Waals surface area contributed by atoms with Crippen molar-refractivity contribution in [3.05, 3.63) is 90.3 Å². The van der Waals surface area contributed by atoms with Crippen molar-refractivity contribution >= 4 is 5.91 Å². The quantitative estimate of drug-likeness (QED) is 0.637. The van der Waals surface area contributed by atoms with Crippen LogP contribution in [0.15, 0.2) is 73.6 Å². The summed E-state index contributed by atoms with van der Waals surface area (Å²) >= 11 is 0. The Labute approximate surface area is 181 Å². The molecule has 0 saturated carbocycles. The van der Waals surface area contributed by atoms with E-state index in [1.165, 1.54) is 0 Å². The molecule has 2 saturated heterocycles. The van der Waals surface area contributed by atoms with Crippen LogP contribution in [-0.4, -0.2) is 62.5 Å². The first-order chi connectivity index (χ1) is 15.2. The van der Waals surface area contributed by atoms with Gasteiger partial charge in [0.2, 0.25) is 0 Å². The van der Waals surface area contributed by atoms with Crippen LogP contribution < -0.4 is 0 Å². The predicted octanol–water partition coefficient (Wildman–Crippen LogP) is 2.27. The molecule has 158 valence electrons. The summed E-state index contributed by atoms with van der Waals surface area (Å²) in [6, 6.07) is 11.9. The largest absolute Gasteiger partial charge is 0.361 e. The van der Waals surface area contributed by atoms with E-state index < -0.39 is 5.60 Å². The van der Waals surface area contributed by atoms with E-state index in [-0.39, 0.29) is 11.8 Å². The van der Waals surface area contributed by atoms with Gasteiger partial charge < -0.3 is 9.64 Å². The fraction of sp³-hybridized carbons (Fsp3) is 0.333. The molecule has 7 nitrogen and oxygen atoms in total. The highest BCUT2D eigenvalue weighted by atomic mass is 16.5. The number of hydrogen-bond acceptors (Lipinski definition) is 6. The molecule has 3 aromatic rings. The molecule has 2 unspecified atom stereocenters. The van der Waals surface area contributed by atoms with Gasteiger partial charge in [-0.15, -0.1) is 0 Å². The molecule has 1 amide bonds. The Hall–Kier alpha value is -3.16. The van der Waals surface area contributed by atoms with Crippen LogP contribution in [0.5, 0.6) is 0 Å². The average Bonchev–Trinajstić information content (AvgIpc) is 3.17. The summed E-state index contributed by atoms with van der Waals surface area (Å²) in [4.78, 5) is 30.7. The maximum absolute atomic E-state index is 13.9. The summed E-state index contributed by atoms with van der Waals surface area (Å²) in [5.74, 6) is -0.0243. The molecular weight excluding hydrogens is 390 g/mol. The number of aromatic nitrogens is 3. The molecular formula is C24H25N5O2. The maximum atomic E-state index is 13.9. The molecule has 0 N–H and O–H groups in total. The lowest BCUT2D eigenvalue weighted by atomic mass is 9.83. The van der Waals surface area contributed by atoms with Gasteiger partial charge in [-0.2, -0.15) is 0 Å². The topological polar surface area (TPSA) is 71.5 Å². The predicted molar refractivity (Wildman–Crippen MR) is 115 cm³/mol. The Bertz CT molecular complexity index is 1020. The zero-order valence-corrected chi connectivity index (χ0v) is 17.3. The van der Waals surface area contributed by atoms with Crippen molar-refractivity contribution in [3.63, 3.8) is 0 Å². The molecule has 2 aliphatic rings. The van der Waals surface area contributed by atoms with Gasteiger partial charge in [-0.25, -0.2) is 0 Å². The zero-order chi connectivity index (χ0) is 21.1. The van der Waals surface area contributed by atoms with Gasteiger partial charge in [-0.3, -0.25) is 24.6 Å². The first-order valence-electron chi connectivity index (χ1n) is 10.6. The number of amides is 1. The van der Waals surface area contributed by atoms with Crippen molar-refractivity contribution in [3.8, 4) is 0 Å². The number of ether oxygens (including phenoxy) is 1. The Morgan fingerprint density at radius 2 is 1.74 bits per heavy atom. The SMILES string of the molecule is O=C1N(Cc2ccncc2)CCOC12CN(Cc1cccnc1)CC2c1cccnc1. The average molecular weight is 415 g/mol. The minimum Gasteiger partial charge on any atom is -0.361 e. The van der Waals surface area contributed by atoms with Gasteiger partial charge in [0.15, 0.2) is 5.60 Å². The molecule has 3 aromatic heterocycles. The lowest BCUT2D eigenvalue weighted by molar-refractivity contribution is -0.173. The number of rotatable bonds is 5. The Balaban J connectivity index is 1.45. The molecule has 0 aliphatic carbocycles. The van der Waals surface area contributed by atoms with Crippen molar-refractivity contribution in [2.45, 2.75) is 24.6 Å². The molecule has 2 fully saturated rings. The van der Waals surface area contributed by atoms with Crippen molar-refractivity contribution < 1.29 is 9.53 Å². The number of nitrogens with zero attached hydrogens (tertiary/aromatic N) is 5. The summed E-state index contributed by atoms with van der Waals surface area (Å²) < 4.78 is 6.35. The van der Waals surface area contributed by atoms with Crippen molar-refractivity contribution in [1.29, 1.82) is 0 Å². The van der Waals surface area contributed by atoms with E-state index in [1.807, 2.05) is 47.6 Å². The van der Waals surface area contributed by atoms with Gasteiger partial charge in [0, 0.05) is 75.8 Å². The molecule has 31 heavy (non-hydrogen) atoms. The van der Waals surface area contributed by atoms with E-state index >= 15 is 0 Å². The van der Waals surface area contributed by atoms with E-state index in [9.17, 15) is 4.79 Å². The van der Waals surface area contributed by atoms with Crippen LogP contribution in [0.2, 0.25) is 0 Å². The summed E-state index contributed by atoms with van der Waals surface area (Å²) in [5, 5.41) is 0. The highest BCUT2D eigenvalue weighted by molar-refractivity contribution is 5.88. The van der Waals surface area contributed by atoms with Gasteiger partial charge in [0.05, 0.1) is 6.61 Å². The molecule has 5 heterocycles. The third-order valence-electron chi connectivity index (χ3n) is 6.17. The molecule has 7 heteroatoms. The minimum absolute atomic E-state index is 0.0538. The van der Waals surface area contributed by atoms with Gasteiger partial charge in [-0.1, -0.05) is 12.1 Å². The van der Waals surface area contributed by atoms with Gasteiger partial charge >= 0.3 is 0 Å². The molecule has 0 bridgehead atoms. The van der Waals surface area contributed by atoms with E-state index in [0.717, 1.165) is 29.8 Å². The number of morpholine rings is 1. The highest BCUT2D eigenvalue weighted by Crippen LogP contribution is 2.42. The molecule has 0 aromatic carbocycles. The lowest BCUT2D eigenvalue weighted by Gasteiger charge is -2.42. The number of carbonyl (C=O) groups excluding carboxylic acids is 1. The molecule has 2 aliphatic heterocycles. The van der Waals surface area contributed by atoms with E-state index in [4.69, 9.17) is 4.74 Å². The first-order valence-corrected chi connectivity index (χ1v) is 10.6. The number of likely N-dealkylation sites (tertiary alicyclic amines) is 1. The number of pyridine rings is 3. The Morgan fingerprint density at radius 1 is 0.935 bits per heavy atom. The van der Waals surface area contributed by atoms with Crippen molar-refractivity contribution in [1.82, 2.24) is 24.8 Å². The number of hydrogen-bond donors (Lipinski definition) is 0. The van der Waals surface area contributed by atoms with Crippen LogP contribution >= 0.6 is 0 Å². The number of carbonyl (C=O) groups is 1. The molecule has 1 spiro atoms. The summed E-state index contributed by atoms with van der Waals surface area (Å²) in [6.45, 7) is 3.68. The summed E-state index contributed by atoms with van der Waals surface area (Å²) in [6.07, 6.45) is 10.8. The molecule has 0 radical (unpaired) electrons. The van der Waals surface area contributed by atoms with Crippen LogP contribution in [0, 0.1) is 0 Å². The van der Waals surface area contributed by atoms with Crippen LogP contribution in [-0.2, 0) is 22.6 Å². The second-order valence-corrected chi connectivity index (χ2v) is 8.19. The van der Waals surface area contributed by atoms with Crippen molar-refractivity contribution in [2.24, 2.45) is 0 Å². The van der Waals surface area contributed by atoms with E-state index in [2.05, 4.69) is 25.9 Å². The Kier molecular flexibility index (Phi) is 5.44. The standard InChI is InChI=1S/C24H25N5O2/c30-23-24(31-12-11-29(23)16-19-5-9-25-10-6-19)18-28(15-20-3-1-7-26-13-20)17-22(24)21-4-2-8-27-14-21/h1-10,13-14,22H,11-12,15-18H2. The first kappa shape index (κ1) is 19.8. The van der Waals surface area contributed by atoms with E-state index in [1.54, 1.807) is 24.8 Å². The van der Waals surface area contributed by atoms with Gasteiger partial charge in [0.1, 0.15) is 0 Å². The minimum atomic E-state index is -0.906. The zero-order valence-electron chi connectivity index (χ0n) is 17.3. The maximum Gasteiger partial charge on any atom is 0.257 e. The second kappa shape index (κ2) is 8.53. The normalized spacial score (nSPS) is 24.1. The Morgan fingerprint density at radius 3 is 2.48 bits per heavy atom. The monoisotopic (exact) mass is 415 g/mol. The second-order valence-electron chi connectivity index (χ2n) is 8.19. The fourth-order valence-electron chi connectivity index (χ4n) is 4.73. The van der Waals surface area contributed by atoms with Crippen LogP contribution in [0.1, 0.15) is 22.6 Å². The summed E-state index contributed by atoms with van der Waals surface area (Å²) in [7, 11) is 0. The van der Waals surface area contributed by atoms with Gasteiger partial charge in [-0.05, 0) is 41.0 Å². The molecule has 5 rings (SSSR count). The van der Waals surface area contributed by atoms with Crippen molar-refractivity contribution in [2.75, 3.05) is 26.2 Å². The van der Waals surface area contributed by atoms with Gasteiger partial charge in [0.25, 0.3) is 5.91 Å². The third kappa shape index (κ3) is 3.94. The highest BCUT2D eigenvalue weighted by Gasteiger charge is 2.56. The van der Waals surface area contributed by atoms with Crippen LogP contribution in [0.3, 0.4) is 0 Å². The third-order valence-corrected chi connectivity index (χ3v) is 6.17. The smallest absolute Gasteiger partial charge is 0.257 e. The van der Waals surface area contributed by atoms with Crippen LogP contribution in [0.4, 0.5) is 0 Å². The van der Waals surface area contributed by atoms with E-state index in [0.29, 0.717) is 26.2 Å².